The highest BCUT2D eigenvalue weighted by Crippen LogP contribution is 2.21. The van der Waals surface area contributed by atoms with E-state index in [1.165, 1.54) is 18.2 Å². The van der Waals surface area contributed by atoms with Crippen LogP contribution in [-0.2, 0) is 11.3 Å². The summed E-state index contributed by atoms with van der Waals surface area (Å²) in [5, 5.41) is 2.83. The molecule has 1 aliphatic rings. The number of benzene rings is 1. The van der Waals surface area contributed by atoms with Crippen LogP contribution in [0.2, 0.25) is 5.02 Å². The zero-order valence-electron chi connectivity index (χ0n) is 10.5. The molecule has 1 aromatic carbocycles. The summed E-state index contributed by atoms with van der Waals surface area (Å²) in [5.41, 5.74) is 0.545. The van der Waals surface area contributed by atoms with Gasteiger partial charge in [-0.3, -0.25) is 9.69 Å². The van der Waals surface area contributed by atoms with Crippen molar-refractivity contribution in [2.75, 3.05) is 0 Å². The molecule has 1 fully saturated rings. The fourth-order valence-corrected chi connectivity index (χ4v) is 2.26. The molecular formula is C13H14ClFN2O2. The smallest absolute Gasteiger partial charge is 0.325 e. The SMILES string of the molecule is CCC[C@H]1NC(=O)N(Cc2ccc(F)cc2Cl)C1=O. The second-order valence-electron chi connectivity index (χ2n) is 4.45. The van der Waals surface area contributed by atoms with Gasteiger partial charge in [-0.2, -0.15) is 0 Å². The minimum atomic E-state index is -0.461. The molecule has 0 saturated carbocycles. The first-order chi connectivity index (χ1) is 9.02. The largest absolute Gasteiger partial charge is 0.326 e. The Kier molecular flexibility index (Phi) is 4.04. The maximum atomic E-state index is 12.9. The lowest BCUT2D eigenvalue weighted by Crippen LogP contribution is -2.31. The summed E-state index contributed by atoms with van der Waals surface area (Å²) < 4.78 is 12.9. The average molecular weight is 285 g/mol. The van der Waals surface area contributed by atoms with Crippen LogP contribution in [0.15, 0.2) is 18.2 Å². The van der Waals surface area contributed by atoms with E-state index in [1.807, 2.05) is 6.92 Å². The number of carbonyl (C=O) groups is 2. The Hall–Kier alpha value is -1.62. The fraction of sp³-hybridized carbons (Fsp3) is 0.385. The lowest BCUT2D eigenvalue weighted by Gasteiger charge is -2.14. The standard InChI is InChI=1S/C13H14ClFN2O2/c1-2-3-11-12(18)17(13(19)16-11)7-8-4-5-9(15)6-10(8)14/h4-6,11H,2-3,7H2,1H3,(H,16,19)/t11-/m1/s1. The van der Waals surface area contributed by atoms with E-state index >= 15 is 0 Å². The van der Waals surface area contributed by atoms with Gasteiger partial charge in [0.25, 0.3) is 5.91 Å². The van der Waals surface area contributed by atoms with Gasteiger partial charge in [0.15, 0.2) is 0 Å². The van der Waals surface area contributed by atoms with Crippen LogP contribution in [0, 0.1) is 5.82 Å². The molecule has 0 spiro atoms. The van der Waals surface area contributed by atoms with Crippen LogP contribution in [0.4, 0.5) is 9.18 Å². The average Bonchev–Trinajstić information content (AvgIpc) is 2.60. The Labute approximate surface area is 115 Å². The summed E-state index contributed by atoms with van der Waals surface area (Å²) in [4.78, 5) is 24.9. The molecule has 1 N–H and O–H groups in total. The summed E-state index contributed by atoms with van der Waals surface area (Å²) in [7, 11) is 0. The van der Waals surface area contributed by atoms with Crippen molar-refractivity contribution < 1.29 is 14.0 Å². The molecule has 1 aliphatic heterocycles. The first kappa shape index (κ1) is 13.8. The van der Waals surface area contributed by atoms with Crippen molar-refractivity contribution in [2.45, 2.75) is 32.4 Å². The molecule has 1 aromatic rings. The zero-order valence-corrected chi connectivity index (χ0v) is 11.2. The van der Waals surface area contributed by atoms with Crippen LogP contribution in [-0.4, -0.2) is 22.9 Å². The number of hydrogen-bond donors (Lipinski definition) is 1. The van der Waals surface area contributed by atoms with E-state index in [4.69, 9.17) is 11.6 Å². The van der Waals surface area contributed by atoms with Crippen LogP contribution in [0.1, 0.15) is 25.3 Å². The Morgan fingerprint density at radius 2 is 2.16 bits per heavy atom. The minimum Gasteiger partial charge on any atom is -0.326 e. The predicted octanol–water partition coefficient (Wildman–Crippen LogP) is 2.70. The topological polar surface area (TPSA) is 49.4 Å². The highest BCUT2D eigenvalue weighted by molar-refractivity contribution is 6.31. The molecule has 0 unspecified atom stereocenters. The monoisotopic (exact) mass is 284 g/mol. The molecule has 3 amide bonds. The van der Waals surface area contributed by atoms with E-state index in [9.17, 15) is 14.0 Å². The highest BCUT2D eigenvalue weighted by Gasteiger charge is 2.37. The Morgan fingerprint density at radius 3 is 2.79 bits per heavy atom. The summed E-state index contributed by atoms with van der Waals surface area (Å²) in [5.74, 6) is -0.706. The second kappa shape index (κ2) is 5.57. The van der Waals surface area contributed by atoms with E-state index in [0.717, 1.165) is 11.3 Å². The van der Waals surface area contributed by atoms with Gasteiger partial charge in [0.1, 0.15) is 11.9 Å². The fourth-order valence-electron chi connectivity index (χ4n) is 2.03. The number of nitrogens with zero attached hydrogens (tertiary/aromatic N) is 1. The quantitative estimate of drug-likeness (QED) is 0.864. The van der Waals surface area contributed by atoms with Gasteiger partial charge in [-0.25, -0.2) is 9.18 Å². The van der Waals surface area contributed by atoms with Gasteiger partial charge in [0.2, 0.25) is 0 Å². The van der Waals surface area contributed by atoms with Crippen LogP contribution in [0.25, 0.3) is 0 Å². The van der Waals surface area contributed by atoms with Crippen LogP contribution in [0.5, 0.6) is 0 Å². The molecular weight excluding hydrogens is 271 g/mol. The molecule has 0 radical (unpaired) electrons. The lowest BCUT2D eigenvalue weighted by atomic mass is 10.1. The van der Waals surface area contributed by atoms with Crippen molar-refractivity contribution in [3.05, 3.63) is 34.6 Å². The third-order valence-corrected chi connectivity index (χ3v) is 3.38. The van der Waals surface area contributed by atoms with E-state index in [-0.39, 0.29) is 17.5 Å². The van der Waals surface area contributed by atoms with Crippen LogP contribution < -0.4 is 5.32 Å². The molecule has 2 rings (SSSR count). The van der Waals surface area contributed by atoms with Crippen molar-refractivity contribution in [2.24, 2.45) is 0 Å². The number of imide groups is 1. The maximum absolute atomic E-state index is 12.9. The normalized spacial score (nSPS) is 18.9. The van der Waals surface area contributed by atoms with Crippen molar-refractivity contribution >= 4 is 23.5 Å². The van der Waals surface area contributed by atoms with Crippen molar-refractivity contribution in [1.29, 1.82) is 0 Å². The third-order valence-electron chi connectivity index (χ3n) is 3.03. The molecule has 19 heavy (non-hydrogen) atoms. The molecule has 0 bridgehead atoms. The Bertz CT molecular complexity index is 521. The molecule has 0 aromatic heterocycles. The second-order valence-corrected chi connectivity index (χ2v) is 4.86. The Morgan fingerprint density at radius 1 is 1.42 bits per heavy atom. The molecule has 4 nitrogen and oxygen atoms in total. The first-order valence-corrected chi connectivity index (χ1v) is 6.46. The van der Waals surface area contributed by atoms with Crippen molar-refractivity contribution in [3.63, 3.8) is 0 Å². The summed E-state index contributed by atoms with van der Waals surface area (Å²) in [6.07, 6.45) is 1.42. The maximum Gasteiger partial charge on any atom is 0.325 e. The van der Waals surface area contributed by atoms with Gasteiger partial charge in [0.05, 0.1) is 6.54 Å². The number of nitrogens with one attached hydrogen (secondary N) is 1. The van der Waals surface area contributed by atoms with Crippen molar-refractivity contribution in [1.82, 2.24) is 10.2 Å². The number of halogens is 2. The number of urea groups is 1. The third kappa shape index (κ3) is 2.87. The molecule has 6 heteroatoms. The van der Waals surface area contributed by atoms with Gasteiger partial charge in [-0.15, -0.1) is 0 Å². The number of hydrogen-bond acceptors (Lipinski definition) is 2. The molecule has 1 heterocycles. The number of amides is 3. The molecule has 1 atom stereocenters. The van der Waals surface area contributed by atoms with Gasteiger partial charge < -0.3 is 5.32 Å². The van der Waals surface area contributed by atoms with Gasteiger partial charge in [0, 0.05) is 5.02 Å². The van der Waals surface area contributed by atoms with Crippen LogP contribution >= 0.6 is 11.6 Å². The zero-order chi connectivity index (χ0) is 14.0. The lowest BCUT2D eigenvalue weighted by molar-refractivity contribution is -0.128. The Balaban J connectivity index is 2.14. The molecule has 0 aliphatic carbocycles. The van der Waals surface area contributed by atoms with E-state index in [0.29, 0.717) is 12.0 Å². The highest BCUT2D eigenvalue weighted by atomic mass is 35.5. The number of rotatable bonds is 4. The van der Waals surface area contributed by atoms with Gasteiger partial charge >= 0.3 is 6.03 Å². The number of carbonyl (C=O) groups excluding carboxylic acids is 2. The van der Waals surface area contributed by atoms with Crippen molar-refractivity contribution in [3.8, 4) is 0 Å². The summed E-state index contributed by atoms with van der Waals surface area (Å²) in [6.45, 7) is 2.00. The van der Waals surface area contributed by atoms with Gasteiger partial charge in [-0.05, 0) is 24.1 Å². The van der Waals surface area contributed by atoms with Gasteiger partial charge in [-0.1, -0.05) is 31.0 Å². The van der Waals surface area contributed by atoms with E-state index in [2.05, 4.69) is 5.32 Å². The summed E-state index contributed by atoms with van der Waals surface area (Å²) in [6, 6.07) is 3.01. The van der Waals surface area contributed by atoms with E-state index in [1.54, 1.807) is 0 Å². The predicted molar refractivity (Wildman–Crippen MR) is 69.2 cm³/mol. The molecule has 102 valence electrons. The van der Waals surface area contributed by atoms with Crippen LogP contribution in [0.3, 0.4) is 0 Å². The molecule has 1 saturated heterocycles. The first-order valence-electron chi connectivity index (χ1n) is 6.08. The van der Waals surface area contributed by atoms with E-state index < -0.39 is 17.9 Å². The summed E-state index contributed by atoms with van der Waals surface area (Å²) >= 11 is 5.89. The minimum absolute atomic E-state index is 0.0595.